The molecule has 0 bridgehead atoms. The SMILES string of the molecule is COc1cc(C)c([C@@H](C)NC(=O)c2ccc(CN(c3ccccc3)S(=O)(=O)c3ccccc3)cc2)cc1C(C)C. The molecule has 4 rings (SSSR count). The summed E-state index contributed by atoms with van der Waals surface area (Å²) in [5.41, 5.74) is 5.02. The van der Waals surface area contributed by atoms with Crippen molar-refractivity contribution in [2.45, 2.75) is 51.1 Å². The van der Waals surface area contributed by atoms with Crippen molar-refractivity contribution >= 4 is 21.6 Å². The molecule has 6 nitrogen and oxygen atoms in total. The standard InChI is InChI=1S/C33H36N2O4S/c1-23(2)30-21-31(24(3)20-32(30)39-5)25(4)34-33(36)27-18-16-26(17-19-27)22-35(28-12-8-6-9-13-28)40(37,38)29-14-10-7-11-15-29/h6-21,23,25H,22H2,1-5H3,(H,34,36)/t25-/m1/s1. The van der Waals surface area contributed by atoms with Crippen molar-refractivity contribution in [3.05, 3.63) is 125 Å². The van der Waals surface area contributed by atoms with Gasteiger partial charge in [-0.3, -0.25) is 9.10 Å². The van der Waals surface area contributed by atoms with E-state index in [1.54, 1.807) is 73.8 Å². The Labute approximate surface area is 237 Å². The molecule has 0 saturated heterocycles. The molecule has 0 spiro atoms. The van der Waals surface area contributed by atoms with Gasteiger partial charge < -0.3 is 10.1 Å². The normalized spacial score (nSPS) is 12.2. The Balaban J connectivity index is 1.54. The van der Waals surface area contributed by atoms with Crippen LogP contribution in [0.25, 0.3) is 0 Å². The molecule has 1 atom stereocenters. The van der Waals surface area contributed by atoms with E-state index in [1.165, 1.54) is 4.31 Å². The van der Waals surface area contributed by atoms with Crippen LogP contribution in [-0.4, -0.2) is 21.4 Å². The molecule has 0 unspecified atom stereocenters. The Morgan fingerprint density at radius 1 is 0.850 bits per heavy atom. The number of methoxy groups -OCH3 is 1. The summed E-state index contributed by atoms with van der Waals surface area (Å²) in [7, 11) is -2.13. The van der Waals surface area contributed by atoms with E-state index in [1.807, 2.05) is 38.1 Å². The first-order chi connectivity index (χ1) is 19.1. The number of carbonyl (C=O) groups excluding carboxylic acids is 1. The van der Waals surface area contributed by atoms with Crippen LogP contribution in [0, 0.1) is 6.92 Å². The Kier molecular flexibility index (Phi) is 8.95. The molecular formula is C33H36N2O4S. The quantitative estimate of drug-likeness (QED) is 0.228. The number of benzene rings is 4. The number of ether oxygens (including phenoxy) is 1. The van der Waals surface area contributed by atoms with Crippen LogP contribution in [0.4, 0.5) is 5.69 Å². The van der Waals surface area contributed by atoms with E-state index in [2.05, 4.69) is 25.2 Å². The molecule has 7 heteroatoms. The van der Waals surface area contributed by atoms with Gasteiger partial charge in [-0.2, -0.15) is 0 Å². The number of anilines is 1. The zero-order chi connectivity index (χ0) is 28.9. The van der Waals surface area contributed by atoms with Crippen molar-refractivity contribution in [1.82, 2.24) is 5.32 Å². The minimum atomic E-state index is -3.80. The highest BCUT2D eigenvalue weighted by Gasteiger charge is 2.25. The number of nitrogens with zero attached hydrogens (tertiary/aromatic N) is 1. The molecule has 4 aromatic rings. The maximum absolute atomic E-state index is 13.6. The lowest BCUT2D eigenvalue weighted by Crippen LogP contribution is -2.30. The van der Waals surface area contributed by atoms with Gasteiger partial charge in [0.05, 0.1) is 30.3 Å². The van der Waals surface area contributed by atoms with Gasteiger partial charge in [-0.05, 0) is 90.6 Å². The largest absolute Gasteiger partial charge is 0.496 e. The summed E-state index contributed by atoms with van der Waals surface area (Å²) in [6.45, 7) is 8.35. The first kappa shape index (κ1) is 28.9. The summed E-state index contributed by atoms with van der Waals surface area (Å²) in [6, 6.07) is 28.4. The van der Waals surface area contributed by atoms with E-state index in [0.717, 1.165) is 28.0 Å². The van der Waals surface area contributed by atoms with Gasteiger partial charge in [0.2, 0.25) is 0 Å². The van der Waals surface area contributed by atoms with Crippen LogP contribution in [-0.2, 0) is 16.6 Å². The van der Waals surface area contributed by atoms with Gasteiger partial charge in [-0.15, -0.1) is 0 Å². The Morgan fingerprint density at radius 2 is 1.45 bits per heavy atom. The molecule has 40 heavy (non-hydrogen) atoms. The van der Waals surface area contributed by atoms with Gasteiger partial charge in [-0.1, -0.05) is 62.4 Å². The predicted octanol–water partition coefficient (Wildman–Crippen LogP) is 7.01. The van der Waals surface area contributed by atoms with E-state index in [9.17, 15) is 13.2 Å². The van der Waals surface area contributed by atoms with Gasteiger partial charge in [-0.25, -0.2) is 8.42 Å². The first-order valence-corrected chi connectivity index (χ1v) is 14.8. The molecule has 0 radical (unpaired) electrons. The van der Waals surface area contributed by atoms with Crippen molar-refractivity contribution in [1.29, 1.82) is 0 Å². The van der Waals surface area contributed by atoms with Crippen molar-refractivity contribution in [3.8, 4) is 5.75 Å². The van der Waals surface area contributed by atoms with Crippen molar-refractivity contribution in [2.75, 3.05) is 11.4 Å². The molecule has 0 aliphatic heterocycles. The van der Waals surface area contributed by atoms with Crippen LogP contribution >= 0.6 is 0 Å². The van der Waals surface area contributed by atoms with Crippen molar-refractivity contribution < 1.29 is 17.9 Å². The summed E-state index contributed by atoms with van der Waals surface area (Å²) in [4.78, 5) is 13.4. The van der Waals surface area contributed by atoms with Crippen LogP contribution in [0.2, 0.25) is 0 Å². The van der Waals surface area contributed by atoms with Crippen LogP contribution in [0.3, 0.4) is 0 Å². The van der Waals surface area contributed by atoms with E-state index in [0.29, 0.717) is 11.3 Å². The highest BCUT2D eigenvalue weighted by atomic mass is 32.2. The van der Waals surface area contributed by atoms with E-state index in [-0.39, 0.29) is 29.3 Å². The summed E-state index contributed by atoms with van der Waals surface area (Å²) in [6.07, 6.45) is 0. The second kappa shape index (κ2) is 12.4. The lowest BCUT2D eigenvalue weighted by atomic mass is 9.93. The summed E-state index contributed by atoms with van der Waals surface area (Å²) in [5.74, 6) is 0.937. The van der Waals surface area contributed by atoms with E-state index >= 15 is 0 Å². The fraction of sp³-hybridized carbons (Fsp3) is 0.242. The van der Waals surface area contributed by atoms with Gasteiger partial charge in [0, 0.05) is 5.56 Å². The highest BCUT2D eigenvalue weighted by Crippen LogP contribution is 2.32. The zero-order valence-electron chi connectivity index (χ0n) is 23.6. The number of carbonyl (C=O) groups is 1. The number of rotatable bonds is 10. The second-order valence-corrected chi connectivity index (χ2v) is 12.0. The van der Waals surface area contributed by atoms with E-state index < -0.39 is 10.0 Å². The third-order valence-electron chi connectivity index (χ3n) is 6.97. The molecule has 0 aliphatic carbocycles. The monoisotopic (exact) mass is 556 g/mol. The average molecular weight is 557 g/mol. The Bertz CT molecular complexity index is 1550. The third-order valence-corrected chi connectivity index (χ3v) is 8.76. The molecular weight excluding hydrogens is 520 g/mol. The molecule has 0 heterocycles. The number of nitrogens with one attached hydrogen (secondary N) is 1. The summed E-state index contributed by atoms with van der Waals surface area (Å²) >= 11 is 0. The number of amides is 1. The Hall–Kier alpha value is -4.10. The number of hydrogen-bond donors (Lipinski definition) is 1. The van der Waals surface area contributed by atoms with Crippen LogP contribution in [0.1, 0.15) is 65.3 Å². The second-order valence-electron chi connectivity index (χ2n) is 10.2. The summed E-state index contributed by atoms with van der Waals surface area (Å²) in [5, 5.41) is 3.10. The Morgan fingerprint density at radius 3 is 2.02 bits per heavy atom. The molecule has 0 aliphatic rings. The molecule has 1 amide bonds. The predicted molar refractivity (Wildman–Crippen MR) is 160 cm³/mol. The highest BCUT2D eigenvalue weighted by molar-refractivity contribution is 7.92. The van der Waals surface area contributed by atoms with Gasteiger partial charge >= 0.3 is 0 Å². The van der Waals surface area contributed by atoms with Crippen molar-refractivity contribution in [3.63, 3.8) is 0 Å². The van der Waals surface area contributed by atoms with Crippen LogP contribution < -0.4 is 14.4 Å². The van der Waals surface area contributed by atoms with E-state index in [4.69, 9.17) is 4.74 Å². The van der Waals surface area contributed by atoms with Crippen LogP contribution in [0.5, 0.6) is 5.75 Å². The van der Waals surface area contributed by atoms with Gasteiger partial charge in [0.25, 0.3) is 15.9 Å². The smallest absolute Gasteiger partial charge is 0.264 e. The molecule has 0 aromatic heterocycles. The third kappa shape index (κ3) is 6.37. The number of hydrogen-bond acceptors (Lipinski definition) is 4. The molecule has 1 N–H and O–H groups in total. The number of para-hydroxylation sites is 1. The molecule has 4 aromatic carbocycles. The van der Waals surface area contributed by atoms with Gasteiger partial charge in [0.1, 0.15) is 5.75 Å². The lowest BCUT2D eigenvalue weighted by Gasteiger charge is -2.25. The molecule has 0 saturated carbocycles. The number of aryl methyl sites for hydroxylation is 1. The number of sulfonamides is 1. The maximum Gasteiger partial charge on any atom is 0.264 e. The fourth-order valence-electron chi connectivity index (χ4n) is 4.72. The minimum absolute atomic E-state index is 0.128. The lowest BCUT2D eigenvalue weighted by molar-refractivity contribution is 0.0939. The zero-order valence-corrected chi connectivity index (χ0v) is 24.4. The minimum Gasteiger partial charge on any atom is -0.496 e. The molecule has 208 valence electrons. The summed E-state index contributed by atoms with van der Waals surface area (Å²) < 4.78 is 34.1. The molecule has 0 fully saturated rings. The first-order valence-electron chi connectivity index (χ1n) is 13.3. The topological polar surface area (TPSA) is 75.7 Å². The maximum atomic E-state index is 13.6. The van der Waals surface area contributed by atoms with Crippen LogP contribution in [0.15, 0.2) is 102 Å². The van der Waals surface area contributed by atoms with Crippen molar-refractivity contribution in [2.24, 2.45) is 0 Å². The average Bonchev–Trinajstić information content (AvgIpc) is 2.96. The fourth-order valence-corrected chi connectivity index (χ4v) is 6.20. The van der Waals surface area contributed by atoms with Gasteiger partial charge in [0.15, 0.2) is 0 Å².